The van der Waals surface area contributed by atoms with Gasteiger partial charge in [0.15, 0.2) is 0 Å². The number of anilines is 1. The van der Waals surface area contributed by atoms with Crippen molar-refractivity contribution in [1.29, 1.82) is 0 Å². The number of rotatable bonds is 12. The van der Waals surface area contributed by atoms with E-state index in [2.05, 4.69) is 16.4 Å². The minimum atomic E-state index is -2.84. The van der Waals surface area contributed by atoms with Gasteiger partial charge in [-0.25, -0.2) is 13.8 Å². The molecule has 0 bridgehead atoms. The Bertz CT molecular complexity index is 1130. The van der Waals surface area contributed by atoms with Crippen LogP contribution in [0.1, 0.15) is 67.0 Å². The highest BCUT2D eigenvalue weighted by molar-refractivity contribution is 5.76. The summed E-state index contributed by atoms with van der Waals surface area (Å²) < 4.78 is 41.8. The number of alkyl halides is 2. The van der Waals surface area contributed by atoms with Crippen LogP contribution in [0.25, 0.3) is 0 Å². The summed E-state index contributed by atoms with van der Waals surface area (Å²) in [6, 6.07) is 10.4. The van der Waals surface area contributed by atoms with Crippen molar-refractivity contribution >= 4 is 11.8 Å². The number of unbranched alkanes of at least 4 members (excludes halogenated alkanes) is 1. The summed E-state index contributed by atoms with van der Waals surface area (Å²) in [5.74, 6) is -3.79. The number of carboxylic acids is 1. The fourth-order valence-electron chi connectivity index (χ4n) is 6.02. The molecule has 1 aromatic heterocycles. The minimum Gasteiger partial charge on any atom is -0.480 e. The first-order valence-electron chi connectivity index (χ1n) is 14.3. The molecule has 2 aromatic rings. The average Bonchev–Trinajstić information content (AvgIpc) is 3.64. The zero-order valence-corrected chi connectivity index (χ0v) is 22.4. The van der Waals surface area contributed by atoms with E-state index in [1.54, 1.807) is 17.0 Å². The van der Waals surface area contributed by atoms with E-state index in [1.165, 1.54) is 5.56 Å². The van der Waals surface area contributed by atoms with Gasteiger partial charge in [0.1, 0.15) is 11.9 Å². The third kappa shape index (κ3) is 6.94. The highest BCUT2D eigenvalue weighted by Gasteiger charge is 2.45. The molecule has 2 N–H and O–H groups in total. The maximum Gasteiger partial charge on any atom is 0.325 e. The molecule has 39 heavy (non-hydrogen) atoms. The van der Waals surface area contributed by atoms with Crippen LogP contribution in [-0.2, 0) is 33.7 Å². The van der Waals surface area contributed by atoms with Gasteiger partial charge in [-0.1, -0.05) is 30.3 Å². The fraction of sp³-hybridized carbons (Fsp3) is 0.600. The third-order valence-corrected chi connectivity index (χ3v) is 8.27. The van der Waals surface area contributed by atoms with E-state index < -0.39 is 23.9 Å². The SMILES string of the molecule is O=C(O)C(c1ccccc1CO[C@H]1CCOC1)N1CC[C@@H](C(F)(F)CCCCc2ccc3c(n2)NCCC3)C1. The lowest BCUT2D eigenvalue weighted by Gasteiger charge is -2.28. The van der Waals surface area contributed by atoms with Crippen molar-refractivity contribution in [2.24, 2.45) is 5.92 Å². The number of nitrogens with one attached hydrogen (secondary N) is 1. The van der Waals surface area contributed by atoms with Gasteiger partial charge in [-0.3, -0.25) is 9.69 Å². The van der Waals surface area contributed by atoms with E-state index in [4.69, 9.17) is 9.47 Å². The van der Waals surface area contributed by atoms with Gasteiger partial charge in [0.05, 0.1) is 19.3 Å². The quantitative estimate of drug-likeness (QED) is 0.354. The van der Waals surface area contributed by atoms with Crippen LogP contribution in [0.15, 0.2) is 36.4 Å². The molecule has 3 atom stereocenters. The molecule has 1 aromatic carbocycles. The summed E-state index contributed by atoms with van der Waals surface area (Å²) in [6.07, 6.45) is 4.76. The zero-order valence-electron chi connectivity index (χ0n) is 22.4. The summed E-state index contributed by atoms with van der Waals surface area (Å²) >= 11 is 0. The van der Waals surface area contributed by atoms with E-state index in [0.717, 1.165) is 42.9 Å². The van der Waals surface area contributed by atoms with Gasteiger partial charge in [0, 0.05) is 37.7 Å². The number of hydrogen-bond donors (Lipinski definition) is 2. The number of pyridine rings is 1. The average molecular weight is 544 g/mol. The fourth-order valence-corrected chi connectivity index (χ4v) is 6.02. The maximum absolute atomic E-state index is 15.3. The van der Waals surface area contributed by atoms with Crippen molar-refractivity contribution in [2.75, 3.05) is 38.2 Å². The lowest BCUT2D eigenvalue weighted by atomic mass is 9.94. The monoisotopic (exact) mass is 543 g/mol. The Morgan fingerprint density at radius 2 is 2.10 bits per heavy atom. The summed E-state index contributed by atoms with van der Waals surface area (Å²) in [5, 5.41) is 13.5. The number of aromatic nitrogens is 1. The molecule has 0 radical (unpaired) electrons. The molecule has 212 valence electrons. The minimum absolute atomic E-state index is 0.00381. The number of aryl methyl sites for hydroxylation is 2. The molecule has 5 rings (SSSR count). The number of halogens is 2. The van der Waals surface area contributed by atoms with E-state index in [1.807, 2.05) is 18.2 Å². The van der Waals surface area contributed by atoms with Crippen LogP contribution >= 0.6 is 0 Å². The summed E-state index contributed by atoms with van der Waals surface area (Å²) in [7, 11) is 0. The number of aliphatic carboxylic acids is 1. The molecule has 3 aliphatic heterocycles. The first kappa shape index (κ1) is 27.9. The molecule has 9 heteroatoms. The first-order valence-corrected chi connectivity index (χ1v) is 14.3. The number of likely N-dealkylation sites (tertiary alicyclic amines) is 1. The van der Waals surface area contributed by atoms with Gasteiger partial charge in [-0.05, 0) is 74.2 Å². The highest BCUT2D eigenvalue weighted by atomic mass is 19.3. The number of ether oxygens (including phenoxy) is 2. The molecule has 3 aliphatic rings. The van der Waals surface area contributed by atoms with Crippen LogP contribution in [0.5, 0.6) is 0 Å². The van der Waals surface area contributed by atoms with E-state index >= 15 is 8.78 Å². The van der Waals surface area contributed by atoms with Crippen LogP contribution in [-0.4, -0.2) is 65.8 Å². The predicted molar refractivity (Wildman–Crippen MR) is 144 cm³/mol. The van der Waals surface area contributed by atoms with E-state index in [9.17, 15) is 9.90 Å². The number of carboxylic acid groups (broad SMARTS) is 1. The Hall–Kier alpha value is -2.62. The third-order valence-electron chi connectivity index (χ3n) is 8.27. The molecule has 0 spiro atoms. The lowest BCUT2D eigenvalue weighted by molar-refractivity contribution is -0.143. The molecule has 0 saturated carbocycles. The molecule has 4 heterocycles. The van der Waals surface area contributed by atoms with E-state index in [0.29, 0.717) is 44.6 Å². The van der Waals surface area contributed by atoms with Crippen molar-refractivity contribution in [2.45, 2.75) is 76.0 Å². The van der Waals surface area contributed by atoms with Gasteiger partial charge in [-0.2, -0.15) is 0 Å². The van der Waals surface area contributed by atoms with Gasteiger partial charge < -0.3 is 19.9 Å². The second kappa shape index (κ2) is 12.7. The Kier molecular flexibility index (Phi) is 9.10. The van der Waals surface area contributed by atoms with Crippen molar-refractivity contribution in [3.63, 3.8) is 0 Å². The van der Waals surface area contributed by atoms with Crippen LogP contribution in [0.4, 0.5) is 14.6 Å². The predicted octanol–water partition coefficient (Wildman–Crippen LogP) is 5.24. The molecule has 2 saturated heterocycles. The summed E-state index contributed by atoms with van der Waals surface area (Å²) in [5.41, 5.74) is 3.55. The standard InChI is InChI=1S/C30H39F2N3O4/c31-30(32,14-4-3-8-24-11-10-21-7-5-15-33-28(21)34-24)23-12-16-35(18-23)27(29(36)37)26-9-2-1-6-22(26)19-39-25-13-17-38-20-25/h1-2,6,9-11,23,25,27H,3-5,7-8,12-20H2,(H,33,34)(H,36,37)/t23-,25+,27?/m1/s1. The first-order chi connectivity index (χ1) is 18.9. The van der Waals surface area contributed by atoms with Crippen LogP contribution < -0.4 is 5.32 Å². The van der Waals surface area contributed by atoms with Crippen molar-refractivity contribution in [3.8, 4) is 0 Å². The van der Waals surface area contributed by atoms with Crippen molar-refractivity contribution in [1.82, 2.24) is 9.88 Å². The second-order valence-electron chi connectivity index (χ2n) is 11.0. The molecule has 0 amide bonds. The molecule has 0 aliphatic carbocycles. The number of fused-ring (bicyclic) bond motifs is 1. The molecule has 7 nitrogen and oxygen atoms in total. The largest absolute Gasteiger partial charge is 0.480 e. The molecule has 1 unspecified atom stereocenters. The highest BCUT2D eigenvalue weighted by Crippen LogP contribution is 2.40. The van der Waals surface area contributed by atoms with Crippen LogP contribution in [0.3, 0.4) is 0 Å². The number of benzene rings is 1. The summed E-state index contributed by atoms with van der Waals surface area (Å²) in [4.78, 5) is 18.8. The molecular weight excluding hydrogens is 504 g/mol. The Labute approximate surface area is 228 Å². The molecular formula is C30H39F2N3O4. The van der Waals surface area contributed by atoms with E-state index in [-0.39, 0.29) is 32.1 Å². The van der Waals surface area contributed by atoms with Gasteiger partial charge in [0.2, 0.25) is 0 Å². The summed E-state index contributed by atoms with van der Waals surface area (Å²) in [6.45, 7) is 2.79. The Morgan fingerprint density at radius 1 is 1.23 bits per heavy atom. The van der Waals surface area contributed by atoms with Crippen LogP contribution in [0, 0.1) is 5.92 Å². The second-order valence-corrected chi connectivity index (χ2v) is 11.0. The number of nitrogens with zero attached hydrogens (tertiary/aromatic N) is 2. The van der Waals surface area contributed by atoms with Gasteiger partial charge in [-0.15, -0.1) is 0 Å². The number of hydrogen-bond acceptors (Lipinski definition) is 6. The van der Waals surface area contributed by atoms with Gasteiger partial charge in [0.25, 0.3) is 5.92 Å². The molecule has 2 fully saturated rings. The van der Waals surface area contributed by atoms with Gasteiger partial charge >= 0.3 is 5.97 Å². The van der Waals surface area contributed by atoms with Crippen LogP contribution in [0.2, 0.25) is 0 Å². The lowest BCUT2D eigenvalue weighted by Crippen LogP contribution is -2.36. The Balaban J connectivity index is 1.15. The normalized spacial score (nSPS) is 22.4. The Morgan fingerprint density at radius 3 is 2.92 bits per heavy atom. The smallest absolute Gasteiger partial charge is 0.325 e. The van der Waals surface area contributed by atoms with Crippen molar-refractivity contribution in [3.05, 3.63) is 58.8 Å². The maximum atomic E-state index is 15.3. The topological polar surface area (TPSA) is 83.9 Å². The van der Waals surface area contributed by atoms with Crippen molar-refractivity contribution < 1.29 is 28.2 Å². The zero-order chi connectivity index (χ0) is 27.2. The number of carbonyl (C=O) groups is 1.